The van der Waals surface area contributed by atoms with Gasteiger partial charge in [-0.2, -0.15) is 0 Å². The predicted octanol–water partition coefficient (Wildman–Crippen LogP) is 2.48. The third kappa shape index (κ3) is 3.42. The van der Waals surface area contributed by atoms with Gasteiger partial charge in [0.2, 0.25) is 5.75 Å². The molecule has 6 heteroatoms. The number of benzene rings is 1. The van der Waals surface area contributed by atoms with Crippen LogP contribution in [-0.4, -0.2) is 31.7 Å². The molecule has 0 unspecified atom stereocenters. The lowest BCUT2D eigenvalue weighted by Crippen LogP contribution is -2.21. The summed E-state index contributed by atoms with van der Waals surface area (Å²) in [5.74, 6) is 0.183. The van der Waals surface area contributed by atoms with Crippen LogP contribution in [0.5, 0.6) is 11.5 Å². The number of ether oxygens (including phenoxy) is 2. The first-order valence-corrected chi connectivity index (χ1v) is 7.57. The maximum absolute atomic E-state index is 12.5. The average Bonchev–Trinajstić information content (AvgIpc) is 2.54. The summed E-state index contributed by atoms with van der Waals surface area (Å²) in [4.78, 5) is 25.3. The molecule has 6 nitrogen and oxygen atoms in total. The molecular weight excluding hydrogens is 308 g/mol. The van der Waals surface area contributed by atoms with E-state index in [2.05, 4.69) is 0 Å². The Labute approximate surface area is 140 Å². The van der Waals surface area contributed by atoms with Gasteiger partial charge in [0.15, 0.2) is 5.75 Å². The molecule has 0 amide bonds. The van der Waals surface area contributed by atoms with Crippen molar-refractivity contribution in [2.75, 3.05) is 25.6 Å². The van der Waals surface area contributed by atoms with Gasteiger partial charge >= 0.3 is 0 Å². The van der Waals surface area contributed by atoms with E-state index in [9.17, 15) is 9.59 Å². The lowest BCUT2D eigenvalue weighted by Gasteiger charge is -2.17. The van der Waals surface area contributed by atoms with E-state index >= 15 is 0 Å². The minimum Gasteiger partial charge on any atom is -0.485 e. The van der Waals surface area contributed by atoms with Crippen LogP contribution in [0.25, 0.3) is 10.9 Å². The molecule has 24 heavy (non-hydrogen) atoms. The number of hydrogen-bond donors (Lipinski definition) is 0. The van der Waals surface area contributed by atoms with Gasteiger partial charge in [-0.05, 0) is 38.1 Å². The fraction of sp³-hybridized carbons (Fsp3) is 0.333. The Kier molecular flexibility index (Phi) is 5.28. The third-order valence-electron chi connectivity index (χ3n) is 3.69. The van der Waals surface area contributed by atoms with Crippen molar-refractivity contribution in [1.82, 2.24) is 4.57 Å². The van der Waals surface area contributed by atoms with Crippen LogP contribution >= 0.6 is 0 Å². The molecule has 0 aliphatic rings. The molecule has 0 saturated heterocycles. The van der Waals surface area contributed by atoms with Gasteiger partial charge in [0, 0.05) is 32.2 Å². The first-order valence-electron chi connectivity index (χ1n) is 7.57. The Morgan fingerprint density at radius 2 is 1.96 bits per heavy atom. The summed E-state index contributed by atoms with van der Waals surface area (Å²) in [6, 6.07) is 5.68. The second-order valence-corrected chi connectivity index (χ2v) is 5.92. The van der Waals surface area contributed by atoms with E-state index in [1.807, 2.05) is 57.1 Å². The fourth-order valence-electron chi connectivity index (χ4n) is 2.34. The lowest BCUT2D eigenvalue weighted by atomic mass is 10.1. The van der Waals surface area contributed by atoms with Crippen molar-refractivity contribution in [2.45, 2.75) is 13.8 Å². The summed E-state index contributed by atoms with van der Waals surface area (Å²) < 4.78 is 12.1. The minimum absolute atomic E-state index is 0.0974. The van der Waals surface area contributed by atoms with Crippen molar-refractivity contribution < 1.29 is 14.3 Å². The normalized spacial score (nSPS) is 10.4. The summed E-state index contributed by atoms with van der Waals surface area (Å²) in [6.07, 6.45) is 1.89. The van der Waals surface area contributed by atoms with Crippen LogP contribution in [0.2, 0.25) is 0 Å². The highest BCUT2D eigenvalue weighted by atomic mass is 16.5. The molecule has 0 fully saturated rings. The van der Waals surface area contributed by atoms with E-state index in [4.69, 9.17) is 9.47 Å². The zero-order chi connectivity index (χ0) is 17.9. The van der Waals surface area contributed by atoms with Crippen molar-refractivity contribution in [2.24, 2.45) is 7.05 Å². The van der Waals surface area contributed by atoms with E-state index in [1.165, 1.54) is 4.57 Å². The number of nitrogens with zero attached hydrogens (tertiary/aromatic N) is 2. The maximum Gasteiger partial charge on any atom is 0.298 e. The molecule has 1 aromatic carbocycles. The van der Waals surface area contributed by atoms with Crippen LogP contribution in [0.4, 0.5) is 5.69 Å². The van der Waals surface area contributed by atoms with Crippen molar-refractivity contribution in [3.8, 4) is 11.5 Å². The Morgan fingerprint density at radius 1 is 1.25 bits per heavy atom. The fourth-order valence-corrected chi connectivity index (χ4v) is 2.34. The van der Waals surface area contributed by atoms with Crippen molar-refractivity contribution in [3.63, 3.8) is 0 Å². The van der Waals surface area contributed by atoms with Gasteiger partial charge in [-0.15, -0.1) is 0 Å². The summed E-state index contributed by atoms with van der Waals surface area (Å²) in [7, 11) is 5.49. The van der Waals surface area contributed by atoms with Crippen LogP contribution in [-0.2, 0) is 11.8 Å². The zero-order valence-electron chi connectivity index (χ0n) is 14.6. The molecule has 0 N–H and O–H groups in total. The van der Waals surface area contributed by atoms with Gasteiger partial charge in [0.1, 0.15) is 6.61 Å². The van der Waals surface area contributed by atoms with Gasteiger partial charge in [-0.25, -0.2) is 0 Å². The third-order valence-corrected chi connectivity index (χ3v) is 3.69. The number of fused-ring (bicyclic) bond motifs is 1. The number of carbonyl (C=O) groups excluding carboxylic acids is 1. The molecule has 1 aromatic heterocycles. The standard InChI is InChI=1S/C18H22N2O4/c1-12(2)8-9-23-16-14-7-6-13(19(3)4)10-15(14)20(5)18(22)17(16)24-11-21/h6-8,10-11H,9H2,1-5H3. The Balaban J connectivity index is 2.72. The molecule has 2 aromatic rings. The maximum atomic E-state index is 12.5. The second kappa shape index (κ2) is 7.21. The smallest absolute Gasteiger partial charge is 0.298 e. The number of hydrogen-bond acceptors (Lipinski definition) is 5. The molecule has 2 rings (SSSR count). The van der Waals surface area contributed by atoms with Gasteiger partial charge in [-0.1, -0.05) is 5.57 Å². The molecule has 0 atom stereocenters. The van der Waals surface area contributed by atoms with E-state index in [0.29, 0.717) is 10.9 Å². The summed E-state index contributed by atoms with van der Waals surface area (Å²) in [5, 5.41) is 0.710. The molecule has 0 bridgehead atoms. The number of rotatable bonds is 6. The second-order valence-electron chi connectivity index (χ2n) is 5.92. The number of pyridine rings is 1. The zero-order valence-corrected chi connectivity index (χ0v) is 14.6. The number of aromatic nitrogens is 1. The van der Waals surface area contributed by atoms with Gasteiger partial charge < -0.3 is 18.9 Å². The summed E-state index contributed by atoms with van der Waals surface area (Å²) in [5.41, 5.74) is 2.34. The first kappa shape index (κ1) is 17.6. The highest BCUT2D eigenvalue weighted by Crippen LogP contribution is 2.34. The van der Waals surface area contributed by atoms with Crippen LogP contribution in [0, 0.1) is 0 Å². The largest absolute Gasteiger partial charge is 0.485 e. The average molecular weight is 330 g/mol. The van der Waals surface area contributed by atoms with Gasteiger partial charge in [0.05, 0.1) is 5.52 Å². The van der Waals surface area contributed by atoms with Crippen molar-refractivity contribution in [3.05, 3.63) is 40.2 Å². The predicted molar refractivity (Wildman–Crippen MR) is 95.1 cm³/mol. The molecule has 0 saturated carbocycles. The number of aryl methyl sites for hydroxylation is 1. The van der Waals surface area contributed by atoms with Crippen LogP contribution in [0.3, 0.4) is 0 Å². The number of allylic oxidation sites excluding steroid dienone is 1. The molecule has 0 aliphatic carbocycles. The quantitative estimate of drug-likeness (QED) is 0.601. The number of carbonyl (C=O) groups is 1. The van der Waals surface area contributed by atoms with E-state index in [0.717, 1.165) is 11.3 Å². The Bertz CT molecular complexity index is 846. The van der Waals surface area contributed by atoms with Crippen molar-refractivity contribution >= 4 is 23.1 Å². The Morgan fingerprint density at radius 3 is 2.54 bits per heavy atom. The molecule has 1 heterocycles. The van der Waals surface area contributed by atoms with Crippen LogP contribution < -0.4 is 19.9 Å². The highest BCUT2D eigenvalue weighted by Gasteiger charge is 2.18. The minimum atomic E-state index is -0.419. The summed E-state index contributed by atoms with van der Waals surface area (Å²) in [6.45, 7) is 4.44. The molecular formula is C18H22N2O4. The van der Waals surface area contributed by atoms with E-state index < -0.39 is 5.56 Å². The summed E-state index contributed by atoms with van der Waals surface area (Å²) >= 11 is 0. The Hall–Kier alpha value is -2.76. The van der Waals surface area contributed by atoms with Gasteiger partial charge in [-0.3, -0.25) is 9.59 Å². The van der Waals surface area contributed by atoms with Gasteiger partial charge in [0.25, 0.3) is 12.0 Å². The lowest BCUT2D eigenvalue weighted by molar-refractivity contribution is -0.120. The highest BCUT2D eigenvalue weighted by molar-refractivity contribution is 5.90. The van der Waals surface area contributed by atoms with E-state index in [-0.39, 0.29) is 24.6 Å². The molecule has 128 valence electrons. The SMILES string of the molecule is CC(C)=CCOc1c(OC=O)c(=O)n(C)c2cc(N(C)C)ccc12. The first-order chi connectivity index (χ1) is 11.4. The number of anilines is 1. The molecule has 0 radical (unpaired) electrons. The van der Waals surface area contributed by atoms with Crippen LogP contribution in [0.15, 0.2) is 34.6 Å². The van der Waals surface area contributed by atoms with Crippen molar-refractivity contribution in [1.29, 1.82) is 0 Å². The molecule has 0 spiro atoms. The monoisotopic (exact) mass is 330 g/mol. The van der Waals surface area contributed by atoms with E-state index in [1.54, 1.807) is 7.05 Å². The van der Waals surface area contributed by atoms with Crippen LogP contribution in [0.1, 0.15) is 13.8 Å². The topological polar surface area (TPSA) is 60.8 Å². The molecule has 0 aliphatic heterocycles.